The maximum Gasteiger partial charge on any atom is 0.226 e. The molecule has 0 aromatic heterocycles. The van der Waals surface area contributed by atoms with Crippen molar-refractivity contribution in [3.8, 4) is 0 Å². The van der Waals surface area contributed by atoms with Crippen LogP contribution >= 0.6 is 0 Å². The van der Waals surface area contributed by atoms with Crippen molar-refractivity contribution in [2.45, 2.75) is 32.7 Å². The zero-order chi connectivity index (χ0) is 14.0. The monoisotopic (exact) mass is 281 g/mol. The number of anilines is 1. The molecule has 1 fully saturated rings. The van der Waals surface area contributed by atoms with Crippen LogP contribution in [0.15, 0.2) is 24.3 Å². The van der Waals surface area contributed by atoms with Crippen molar-refractivity contribution >= 4 is 21.4 Å². The van der Waals surface area contributed by atoms with E-state index in [0.29, 0.717) is 12.8 Å². The van der Waals surface area contributed by atoms with E-state index in [2.05, 4.69) is 0 Å². The first-order chi connectivity index (χ1) is 8.94. The summed E-state index contributed by atoms with van der Waals surface area (Å²) in [5.74, 6) is 0.237. The van der Waals surface area contributed by atoms with Gasteiger partial charge in [0.15, 0.2) is 9.84 Å². The van der Waals surface area contributed by atoms with Gasteiger partial charge in [-0.1, -0.05) is 25.1 Å². The molecule has 0 saturated carbocycles. The number of carbonyl (C=O) groups excluding carboxylic acids is 1. The van der Waals surface area contributed by atoms with Gasteiger partial charge < -0.3 is 4.90 Å². The Morgan fingerprint density at radius 3 is 2.58 bits per heavy atom. The zero-order valence-electron chi connectivity index (χ0n) is 11.3. The van der Waals surface area contributed by atoms with E-state index in [0.717, 1.165) is 11.3 Å². The minimum Gasteiger partial charge on any atom is -0.308 e. The number of hydrogen-bond donors (Lipinski definition) is 0. The van der Waals surface area contributed by atoms with Crippen molar-refractivity contribution in [3.05, 3.63) is 29.8 Å². The van der Waals surface area contributed by atoms with Gasteiger partial charge in [-0.25, -0.2) is 8.42 Å². The van der Waals surface area contributed by atoms with E-state index in [9.17, 15) is 13.2 Å². The lowest BCUT2D eigenvalue weighted by Gasteiger charge is -2.29. The SMILES string of the molecule is CCC(=O)N(c1ccccc1C)C1CCS(=O)(=O)C1. The first-order valence-corrected chi connectivity index (χ1v) is 8.35. The lowest BCUT2D eigenvalue weighted by molar-refractivity contribution is -0.118. The third-order valence-electron chi connectivity index (χ3n) is 3.52. The Morgan fingerprint density at radius 2 is 2.05 bits per heavy atom. The second-order valence-electron chi connectivity index (χ2n) is 4.96. The summed E-state index contributed by atoms with van der Waals surface area (Å²) in [6.45, 7) is 3.74. The Bertz CT molecular complexity index is 580. The van der Waals surface area contributed by atoms with E-state index in [1.54, 1.807) is 11.8 Å². The van der Waals surface area contributed by atoms with E-state index in [-0.39, 0.29) is 23.5 Å². The molecule has 0 aliphatic carbocycles. The summed E-state index contributed by atoms with van der Waals surface area (Å²) in [7, 11) is -3.00. The molecule has 1 aromatic carbocycles. The molecule has 1 aliphatic heterocycles. The van der Waals surface area contributed by atoms with Crippen LogP contribution in [-0.4, -0.2) is 31.9 Å². The summed E-state index contributed by atoms with van der Waals surface area (Å²) in [6, 6.07) is 7.39. The smallest absolute Gasteiger partial charge is 0.226 e. The summed E-state index contributed by atoms with van der Waals surface area (Å²) in [6.07, 6.45) is 0.910. The van der Waals surface area contributed by atoms with Crippen molar-refractivity contribution in [1.29, 1.82) is 0 Å². The fraction of sp³-hybridized carbons (Fsp3) is 0.500. The van der Waals surface area contributed by atoms with Crippen LogP contribution in [0.3, 0.4) is 0 Å². The molecule has 104 valence electrons. The van der Waals surface area contributed by atoms with Crippen molar-refractivity contribution in [2.24, 2.45) is 0 Å². The van der Waals surface area contributed by atoms with Crippen LogP contribution in [0.5, 0.6) is 0 Å². The number of rotatable bonds is 3. The van der Waals surface area contributed by atoms with Gasteiger partial charge in [0.2, 0.25) is 5.91 Å². The number of carbonyl (C=O) groups is 1. The average molecular weight is 281 g/mol. The molecular formula is C14H19NO3S. The van der Waals surface area contributed by atoms with Gasteiger partial charge in [0.1, 0.15) is 0 Å². The molecule has 0 spiro atoms. The predicted octanol–water partition coefficient (Wildman–Crippen LogP) is 1.93. The highest BCUT2D eigenvalue weighted by Crippen LogP contribution is 2.27. The molecule has 0 N–H and O–H groups in total. The number of amides is 1. The summed E-state index contributed by atoms with van der Waals surface area (Å²) in [5.41, 5.74) is 1.82. The third kappa shape index (κ3) is 2.97. The first-order valence-electron chi connectivity index (χ1n) is 6.52. The predicted molar refractivity (Wildman–Crippen MR) is 76.0 cm³/mol. The molecule has 5 heteroatoms. The molecule has 0 bridgehead atoms. The first kappa shape index (κ1) is 14.1. The fourth-order valence-corrected chi connectivity index (χ4v) is 4.22. The van der Waals surface area contributed by atoms with Crippen LogP contribution in [0.1, 0.15) is 25.3 Å². The largest absolute Gasteiger partial charge is 0.308 e. The average Bonchev–Trinajstić information content (AvgIpc) is 2.72. The molecule has 4 nitrogen and oxygen atoms in total. The number of sulfone groups is 1. The quantitative estimate of drug-likeness (QED) is 0.850. The lowest BCUT2D eigenvalue weighted by Crippen LogP contribution is -2.41. The summed E-state index contributed by atoms with van der Waals surface area (Å²) < 4.78 is 23.3. The Balaban J connectivity index is 2.38. The fourth-order valence-electron chi connectivity index (χ4n) is 2.52. The van der Waals surface area contributed by atoms with Crippen molar-refractivity contribution in [1.82, 2.24) is 0 Å². The second-order valence-corrected chi connectivity index (χ2v) is 7.19. The minimum atomic E-state index is -3.00. The third-order valence-corrected chi connectivity index (χ3v) is 5.27. The van der Waals surface area contributed by atoms with E-state index in [1.807, 2.05) is 31.2 Å². The molecule has 1 aliphatic rings. The topological polar surface area (TPSA) is 54.5 Å². The van der Waals surface area contributed by atoms with Gasteiger partial charge in [-0.05, 0) is 25.0 Å². The van der Waals surface area contributed by atoms with Crippen molar-refractivity contribution in [3.63, 3.8) is 0 Å². The van der Waals surface area contributed by atoms with Crippen LogP contribution in [0.25, 0.3) is 0 Å². The Morgan fingerprint density at radius 1 is 1.37 bits per heavy atom. The molecule has 1 atom stereocenters. The lowest BCUT2D eigenvalue weighted by atomic mass is 10.1. The van der Waals surface area contributed by atoms with Gasteiger partial charge in [-0.3, -0.25) is 4.79 Å². The maximum absolute atomic E-state index is 12.2. The second kappa shape index (κ2) is 5.33. The van der Waals surface area contributed by atoms with Gasteiger partial charge >= 0.3 is 0 Å². The number of aryl methyl sites for hydroxylation is 1. The van der Waals surface area contributed by atoms with Crippen LogP contribution in [0.4, 0.5) is 5.69 Å². The van der Waals surface area contributed by atoms with E-state index < -0.39 is 9.84 Å². The van der Waals surface area contributed by atoms with Gasteiger partial charge in [0.25, 0.3) is 0 Å². The van der Waals surface area contributed by atoms with Crippen molar-refractivity contribution in [2.75, 3.05) is 16.4 Å². The van der Waals surface area contributed by atoms with E-state index in [4.69, 9.17) is 0 Å². The summed E-state index contributed by atoms with van der Waals surface area (Å²) in [4.78, 5) is 13.9. The maximum atomic E-state index is 12.2. The molecular weight excluding hydrogens is 262 g/mol. The van der Waals surface area contributed by atoms with Gasteiger partial charge in [-0.15, -0.1) is 0 Å². The molecule has 0 radical (unpaired) electrons. The van der Waals surface area contributed by atoms with Crippen LogP contribution in [0, 0.1) is 6.92 Å². The van der Waals surface area contributed by atoms with Gasteiger partial charge in [0.05, 0.1) is 17.5 Å². The molecule has 19 heavy (non-hydrogen) atoms. The highest BCUT2D eigenvalue weighted by molar-refractivity contribution is 7.91. The molecule has 1 amide bonds. The Hall–Kier alpha value is -1.36. The summed E-state index contributed by atoms with van der Waals surface area (Å²) >= 11 is 0. The van der Waals surface area contributed by atoms with Crippen LogP contribution < -0.4 is 4.90 Å². The van der Waals surface area contributed by atoms with Gasteiger partial charge in [-0.2, -0.15) is 0 Å². The number of para-hydroxylation sites is 1. The standard InChI is InChI=1S/C14H19NO3S/c1-3-14(16)15(12-8-9-19(17,18)10-12)13-7-5-4-6-11(13)2/h4-7,12H,3,8-10H2,1-2H3. The highest BCUT2D eigenvalue weighted by Gasteiger charge is 2.35. The zero-order valence-corrected chi connectivity index (χ0v) is 12.1. The number of benzene rings is 1. The van der Waals surface area contributed by atoms with E-state index >= 15 is 0 Å². The number of hydrogen-bond acceptors (Lipinski definition) is 3. The van der Waals surface area contributed by atoms with Crippen molar-refractivity contribution < 1.29 is 13.2 Å². The van der Waals surface area contributed by atoms with Crippen LogP contribution in [-0.2, 0) is 14.6 Å². The minimum absolute atomic E-state index is 0.0172. The molecule has 2 rings (SSSR count). The van der Waals surface area contributed by atoms with Crippen LogP contribution in [0.2, 0.25) is 0 Å². The normalized spacial score (nSPS) is 21.3. The Kier molecular flexibility index (Phi) is 3.94. The van der Waals surface area contributed by atoms with Gasteiger partial charge in [0, 0.05) is 12.1 Å². The highest BCUT2D eigenvalue weighted by atomic mass is 32.2. The Labute approximate surface area is 114 Å². The molecule has 1 heterocycles. The molecule has 1 saturated heterocycles. The van der Waals surface area contributed by atoms with E-state index in [1.165, 1.54) is 0 Å². The number of nitrogens with zero attached hydrogens (tertiary/aromatic N) is 1. The summed E-state index contributed by atoms with van der Waals surface area (Å²) in [5, 5.41) is 0. The molecule has 1 aromatic rings. The molecule has 1 unspecified atom stereocenters.